The Labute approximate surface area is 107 Å². The lowest BCUT2D eigenvalue weighted by Gasteiger charge is -2.39. The van der Waals surface area contributed by atoms with Crippen molar-refractivity contribution in [1.82, 2.24) is 0 Å². The molecule has 2 aliphatic heterocycles. The number of nitrogen functional groups attached to an aromatic ring is 1. The zero-order chi connectivity index (χ0) is 12.7. The third kappa shape index (κ3) is 1.72. The van der Waals surface area contributed by atoms with E-state index in [1.54, 1.807) is 6.07 Å². The summed E-state index contributed by atoms with van der Waals surface area (Å²) < 4.78 is 0. The van der Waals surface area contributed by atoms with Gasteiger partial charge in [-0.25, -0.2) is 0 Å². The SMILES string of the molecule is N#Cc1ccc(N2C3CCC2CC(O)C3)c(N)c1. The number of anilines is 2. The van der Waals surface area contributed by atoms with Gasteiger partial charge in [-0.05, 0) is 43.9 Å². The molecule has 2 aliphatic rings. The number of piperidine rings is 1. The van der Waals surface area contributed by atoms with E-state index in [4.69, 9.17) is 11.0 Å². The van der Waals surface area contributed by atoms with Crippen molar-refractivity contribution in [2.24, 2.45) is 0 Å². The molecule has 2 unspecified atom stereocenters. The van der Waals surface area contributed by atoms with Crippen molar-refractivity contribution in [3.8, 4) is 6.07 Å². The molecule has 0 amide bonds. The fraction of sp³-hybridized carbons (Fsp3) is 0.500. The highest BCUT2D eigenvalue weighted by atomic mass is 16.3. The number of rotatable bonds is 1. The van der Waals surface area contributed by atoms with Crippen LogP contribution in [0.15, 0.2) is 18.2 Å². The van der Waals surface area contributed by atoms with Gasteiger partial charge in [0.25, 0.3) is 0 Å². The number of hydrogen-bond donors (Lipinski definition) is 2. The molecule has 3 N–H and O–H groups in total. The van der Waals surface area contributed by atoms with Crippen molar-refractivity contribution in [3.05, 3.63) is 23.8 Å². The quantitative estimate of drug-likeness (QED) is 0.735. The Morgan fingerprint density at radius 3 is 2.50 bits per heavy atom. The predicted octanol–water partition coefficient (Wildman–Crippen LogP) is 1.63. The number of aliphatic hydroxyl groups excluding tert-OH is 1. The molecule has 4 nitrogen and oxygen atoms in total. The van der Waals surface area contributed by atoms with Gasteiger partial charge in [0.2, 0.25) is 0 Å². The van der Waals surface area contributed by atoms with Gasteiger partial charge in [0.1, 0.15) is 0 Å². The van der Waals surface area contributed by atoms with Gasteiger partial charge in [-0.2, -0.15) is 5.26 Å². The van der Waals surface area contributed by atoms with Crippen molar-refractivity contribution in [1.29, 1.82) is 5.26 Å². The molecule has 0 aliphatic carbocycles. The molecule has 2 fully saturated rings. The summed E-state index contributed by atoms with van der Waals surface area (Å²) in [5, 5.41) is 18.7. The second-order valence-corrected chi connectivity index (χ2v) is 5.30. The predicted molar refractivity (Wildman–Crippen MR) is 70.1 cm³/mol. The molecule has 1 aromatic rings. The maximum Gasteiger partial charge on any atom is 0.0992 e. The Balaban J connectivity index is 1.94. The van der Waals surface area contributed by atoms with E-state index in [1.807, 2.05) is 12.1 Å². The number of fused-ring (bicyclic) bond motifs is 2. The Kier molecular flexibility index (Phi) is 2.64. The monoisotopic (exact) mass is 243 g/mol. The summed E-state index contributed by atoms with van der Waals surface area (Å²) in [6, 6.07) is 8.39. The first-order chi connectivity index (χ1) is 8.69. The number of nitrogens with two attached hydrogens (primary N) is 1. The summed E-state index contributed by atoms with van der Waals surface area (Å²) in [5.74, 6) is 0. The summed E-state index contributed by atoms with van der Waals surface area (Å²) in [7, 11) is 0. The van der Waals surface area contributed by atoms with Crippen molar-refractivity contribution in [2.75, 3.05) is 10.6 Å². The minimum atomic E-state index is -0.168. The van der Waals surface area contributed by atoms with Crippen LogP contribution in [0.1, 0.15) is 31.2 Å². The van der Waals surface area contributed by atoms with Gasteiger partial charge < -0.3 is 15.7 Å². The van der Waals surface area contributed by atoms with E-state index in [2.05, 4.69) is 11.0 Å². The first-order valence-corrected chi connectivity index (χ1v) is 6.45. The fourth-order valence-corrected chi connectivity index (χ4v) is 3.40. The van der Waals surface area contributed by atoms with E-state index >= 15 is 0 Å². The van der Waals surface area contributed by atoms with E-state index < -0.39 is 0 Å². The van der Waals surface area contributed by atoms with Crippen LogP contribution in [-0.4, -0.2) is 23.3 Å². The molecule has 3 rings (SSSR count). The molecule has 0 spiro atoms. The molecular formula is C14H17N3O. The molecule has 2 atom stereocenters. The van der Waals surface area contributed by atoms with Gasteiger partial charge >= 0.3 is 0 Å². The molecule has 0 aromatic heterocycles. The first kappa shape index (κ1) is 11.4. The van der Waals surface area contributed by atoms with Crippen molar-refractivity contribution >= 4 is 11.4 Å². The maximum absolute atomic E-state index is 9.81. The standard InChI is InChI=1S/C14H17N3O/c15-8-9-1-4-14(13(16)5-9)17-10-2-3-11(17)7-12(18)6-10/h1,4-5,10-12,18H,2-3,6-7,16H2. The molecule has 4 heteroatoms. The molecule has 18 heavy (non-hydrogen) atoms. The van der Waals surface area contributed by atoms with Crippen LogP contribution in [0.25, 0.3) is 0 Å². The van der Waals surface area contributed by atoms with Crippen LogP contribution in [0.4, 0.5) is 11.4 Å². The van der Waals surface area contributed by atoms with Crippen LogP contribution in [-0.2, 0) is 0 Å². The topological polar surface area (TPSA) is 73.3 Å². The highest BCUT2D eigenvalue weighted by molar-refractivity contribution is 5.71. The summed E-state index contributed by atoms with van der Waals surface area (Å²) >= 11 is 0. The third-order valence-electron chi connectivity index (χ3n) is 4.14. The second kappa shape index (κ2) is 4.18. The minimum absolute atomic E-state index is 0.168. The van der Waals surface area contributed by atoms with Crippen molar-refractivity contribution in [2.45, 2.75) is 43.9 Å². The van der Waals surface area contributed by atoms with Crippen LogP contribution < -0.4 is 10.6 Å². The van der Waals surface area contributed by atoms with Crippen LogP contribution in [0.2, 0.25) is 0 Å². The number of hydrogen-bond acceptors (Lipinski definition) is 4. The number of benzene rings is 1. The summed E-state index contributed by atoms with van der Waals surface area (Å²) in [5.41, 5.74) is 8.35. The highest BCUT2D eigenvalue weighted by Crippen LogP contribution is 2.41. The summed E-state index contributed by atoms with van der Waals surface area (Å²) in [4.78, 5) is 2.35. The average Bonchev–Trinajstić information content (AvgIpc) is 2.61. The van der Waals surface area contributed by atoms with Gasteiger partial charge in [0, 0.05) is 12.1 Å². The van der Waals surface area contributed by atoms with E-state index in [1.165, 1.54) is 0 Å². The fourth-order valence-electron chi connectivity index (χ4n) is 3.40. The molecule has 2 bridgehead atoms. The van der Waals surface area contributed by atoms with Crippen LogP contribution >= 0.6 is 0 Å². The first-order valence-electron chi connectivity index (χ1n) is 6.45. The van der Waals surface area contributed by atoms with Gasteiger partial charge in [-0.3, -0.25) is 0 Å². The van der Waals surface area contributed by atoms with E-state index in [-0.39, 0.29) is 6.10 Å². The molecule has 0 saturated carbocycles. The molecule has 2 heterocycles. The zero-order valence-corrected chi connectivity index (χ0v) is 10.2. The van der Waals surface area contributed by atoms with Gasteiger partial charge in [0.05, 0.1) is 29.1 Å². The van der Waals surface area contributed by atoms with Crippen LogP contribution in [0, 0.1) is 11.3 Å². The maximum atomic E-state index is 9.81. The Bertz CT molecular complexity index is 494. The average molecular weight is 243 g/mol. The lowest BCUT2D eigenvalue weighted by atomic mass is 9.98. The Morgan fingerprint density at radius 2 is 1.94 bits per heavy atom. The minimum Gasteiger partial charge on any atom is -0.397 e. The van der Waals surface area contributed by atoms with Gasteiger partial charge in [-0.1, -0.05) is 0 Å². The van der Waals surface area contributed by atoms with Gasteiger partial charge in [0.15, 0.2) is 0 Å². The van der Waals surface area contributed by atoms with E-state index in [9.17, 15) is 5.11 Å². The zero-order valence-electron chi connectivity index (χ0n) is 10.2. The van der Waals surface area contributed by atoms with Crippen LogP contribution in [0.3, 0.4) is 0 Å². The van der Waals surface area contributed by atoms with E-state index in [0.29, 0.717) is 23.3 Å². The normalized spacial score (nSPS) is 30.2. The molecular weight excluding hydrogens is 226 g/mol. The van der Waals surface area contributed by atoms with Gasteiger partial charge in [-0.15, -0.1) is 0 Å². The van der Waals surface area contributed by atoms with E-state index in [0.717, 1.165) is 31.4 Å². The summed E-state index contributed by atoms with van der Waals surface area (Å²) in [6.07, 6.45) is 3.74. The smallest absolute Gasteiger partial charge is 0.0992 e. The molecule has 94 valence electrons. The lowest BCUT2D eigenvalue weighted by molar-refractivity contribution is 0.126. The van der Waals surface area contributed by atoms with Crippen molar-refractivity contribution in [3.63, 3.8) is 0 Å². The third-order valence-corrected chi connectivity index (χ3v) is 4.14. The largest absolute Gasteiger partial charge is 0.397 e. The Morgan fingerprint density at radius 1 is 1.28 bits per heavy atom. The molecule has 2 saturated heterocycles. The second-order valence-electron chi connectivity index (χ2n) is 5.30. The van der Waals surface area contributed by atoms with Crippen molar-refractivity contribution < 1.29 is 5.11 Å². The molecule has 0 radical (unpaired) electrons. The number of nitrogens with zero attached hydrogens (tertiary/aromatic N) is 2. The lowest BCUT2D eigenvalue weighted by Crippen LogP contribution is -2.45. The Hall–Kier alpha value is -1.73. The van der Waals surface area contributed by atoms with Crippen LogP contribution in [0.5, 0.6) is 0 Å². The highest BCUT2D eigenvalue weighted by Gasteiger charge is 2.40. The molecule has 1 aromatic carbocycles. The number of nitriles is 1. The number of aliphatic hydroxyl groups is 1. The summed E-state index contributed by atoms with van der Waals surface area (Å²) in [6.45, 7) is 0.